The van der Waals surface area contributed by atoms with E-state index in [1.165, 1.54) is 12.0 Å². The minimum absolute atomic E-state index is 0.145. The summed E-state index contributed by atoms with van der Waals surface area (Å²) in [4.78, 5) is 4.90. The van der Waals surface area contributed by atoms with Crippen LogP contribution in [0.25, 0.3) is 0 Å². The number of rotatable bonds is 1. The molecular formula is C9H17NO. The van der Waals surface area contributed by atoms with Gasteiger partial charge < -0.3 is 0 Å². The van der Waals surface area contributed by atoms with Gasteiger partial charge in [-0.25, -0.2) is 5.90 Å². The molecule has 2 heteroatoms. The fraction of sp³-hybridized carbons (Fsp3) is 0.778. The van der Waals surface area contributed by atoms with Gasteiger partial charge in [-0.05, 0) is 30.8 Å². The van der Waals surface area contributed by atoms with Crippen molar-refractivity contribution in [2.45, 2.75) is 33.3 Å². The van der Waals surface area contributed by atoms with Crippen LogP contribution < -0.4 is 5.90 Å². The smallest absolute Gasteiger partial charge is 0.102 e. The Kier molecular flexibility index (Phi) is 2.68. The zero-order chi connectivity index (χ0) is 8.43. The maximum atomic E-state index is 5.19. The van der Waals surface area contributed by atoms with Crippen molar-refractivity contribution in [1.82, 2.24) is 0 Å². The topological polar surface area (TPSA) is 35.2 Å². The first-order valence-electron chi connectivity index (χ1n) is 4.19. The summed E-state index contributed by atoms with van der Waals surface area (Å²) >= 11 is 0. The predicted molar refractivity (Wildman–Crippen MR) is 45.8 cm³/mol. The number of allylic oxidation sites excluding steroid dienone is 1. The van der Waals surface area contributed by atoms with E-state index in [2.05, 4.69) is 26.8 Å². The summed E-state index contributed by atoms with van der Waals surface area (Å²) in [5.41, 5.74) is 1.28. The van der Waals surface area contributed by atoms with Gasteiger partial charge in [-0.2, -0.15) is 0 Å². The second-order valence-corrected chi connectivity index (χ2v) is 3.66. The Balaban J connectivity index is 2.71. The Morgan fingerprint density at radius 3 is 2.64 bits per heavy atom. The van der Waals surface area contributed by atoms with E-state index >= 15 is 0 Å². The fourth-order valence-electron chi connectivity index (χ4n) is 2.01. The van der Waals surface area contributed by atoms with Gasteiger partial charge in [-0.15, -0.1) is 0 Å². The van der Waals surface area contributed by atoms with Gasteiger partial charge in [0.2, 0.25) is 0 Å². The highest BCUT2D eigenvalue weighted by Gasteiger charge is 2.25. The Bertz CT molecular complexity index is 165. The number of hydrogen-bond donors (Lipinski definition) is 1. The van der Waals surface area contributed by atoms with Crippen LogP contribution in [0.4, 0.5) is 0 Å². The molecule has 3 atom stereocenters. The molecule has 11 heavy (non-hydrogen) atoms. The number of hydrogen-bond acceptors (Lipinski definition) is 2. The van der Waals surface area contributed by atoms with Crippen LogP contribution in [0.15, 0.2) is 11.6 Å². The van der Waals surface area contributed by atoms with Crippen molar-refractivity contribution < 1.29 is 4.84 Å². The molecule has 0 aromatic rings. The van der Waals surface area contributed by atoms with Gasteiger partial charge in [-0.3, -0.25) is 4.84 Å². The number of nitrogens with two attached hydrogens (primary N) is 1. The molecule has 0 bridgehead atoms. The van der Waals surface area contributed by atoms with Crippen LogP contribution in [0, 0.1) is 11.8 Å². The van der Waals surface area contributed by atoms with Crippen molar-refractivity contribution >= 4 is 0 Å². The molecule has 0 saturated carbocycles. The maximum absolute atomic E-state index is 5.19. The summed E-state index contributed by atoms with van der Waals surface area (Å²) in [5.74, 6) is 6.42. The molecule has 2 N–H and O–H groups in total. The van der Waals surface area contributed by atoms with Gasteiger partial charge >= 0.3 is 0 Å². The lowest BCUT2D eigenvalue weighted by molar-refractivity contribution is 0.0304. The predicted octanol–water partition coefficient (Wildman–Crippen LogP) is 1.87. The first-order chi connectivity index (χ1) is 5.15. The van der Waals surface area contributed by atoms with Crippen molar-refractivity contribution in [2.24, 2.45) is 17.7 Å². The molecule has 3 unspecified atom stereocenters. The molecule has 0 aromatic carbocycles. The van der Waals surface area contributed by atoms with E-state index in [-0.39, 0.29) is 6.10 Å². The molecule has 1 aliphatic carbocycles. The van der Waals surface area contributed by atoms with Gasteiger partial charge in [0.1, 0.15) is 6.10 Å². The largest absolute Gasteiger partial charge is 0.297 e. The molecule has 0 heterocycles. The molecule has 1 rings (SSSR count). The molecule has 0 spiro atoms. The van der Waals surface area contributed by atoms with Gasteiger partial charge in [-0.1, -0.05) is 19.9 Å². The summed E-state index contributed by atoms with van der Waals surface area (Å²) < 4.78 is 0. The summed E-state index contributed by atoms with van der Waals surface area (Å²) in [7, 11) is 0. The molecule has 64 valence electrons. The molecule has 0 saturated heterocycles. The summed E-state index contributed by atoms with van der Waals surface area (Å²) in [6, 6.07) is 0. The van der Waals surface area contributed by atoms with Crippen LogP contribution in [0.2, 0.25) is 0 Å². The lowest BCUT2D eigenvalue weighted by Gasteiger charge is -2.29. The minimum Gasteiger partial charge on any atom is -0.297 e. The fourth-order valence-corrected chi connectivity index (χ4v) is 2.01. The summed E-state index contributed by atoms with van der Waals surface area (Å²) in [6.45, 7) is 6.50. The van der Waals surface area contributed by atoms with Gasteiger partial charge in [0.15, 0.2) is 0 Å². The average molecular weight is 155 g/mol. The average Bonchev–Trinajstić information content (AvgIpc) is 1.85. The van der Waals surface area contributed by atoms with Crippen LogP contribution >= 0.6 is 0 Å². The Hall–Kier alpha value is -0.340. The third-order valence-electron chi connectivity index (χ3n) is 2.40. The molecule has 0 fully saturated rings. The Morgan fingerprint density at radius 2 is 2.18 bits per heavy atom. The highest BCUT2D eigenvalue weighted by atomic mass is 16.6. The highest BCUT2D eigenvalue weighted by molar-refractivity contribution is 5.12. The van der Waals surface area contributed by atoms with E-state index in [0.717, 1.165) is 0 Å². The molecule has 0 aliphatic heterocycles. The van der Waals surface area contributed by atoms with Crippen LogP contribution in [0.5, 0.6) is 0 Å². The van der Waals surface area contributed by atoms with E-state index in [0.29, 0.717) is 11.8 Å². The Labute approximate surface area is 68.4 Å². The van der Waals surface area contributed by atoms with Crippen LogP contribution in [-0.2, 0) is 4.84 Å². The molecule has 2 nitrogen and oxygen atoms in total. The summed E-state index contributed by atoms with van der Waals surface area (Å²) in [5, 5.41) is 0. The third-order valence-corrected chi connectivity index (χ3v) is 2.40. The van der Waals surface area contributed by atoms with Crippen LogP contribution in [0.1, 0.15) is 27.2 Å². The maximum Gasteiger partial charge on any atom is 0.102 e. The lowest BCUT2D eigenvalue weighted by Crippen LogP contribution is -2.30. The molecule has 0 radical (unpaired) electrons. The highest BCUT2D eigenvalue weighted by Crippen LogP contribution is 2.28. The van der Waals surface area contributed by atoms with Gasteiger partial charge in [0, 0.05) is 0 Å². The normalized spacial score (nSPS) is 38.5. The minimum atomic E-state index is 0.145. The molecule has 0 amide bonds. The SMILES string of the molecule is CC1=CC(C)CC(C)C1ON. The zero-order valence-electron chi connectivity index (χ0n) is 7.50. The monoisotopic (exact) mass is 155 g/mol. The second-order valence-electron chi connectivity index (χ2n) is 3.66. The van der Waals surface area contributed by atoms with Gasteiger partial charge in [0.25, 0.3) is 0 Å². The van der Waals surface area contributed by atoms with E-state index in [9.17, 15) is 0 Å². The lowest BCUT2D eigenvalue weighted by atomic mass is 9.83. The Morgan fingerprint density at radius 1 is 1.55 bits per heavy atom. The van der Waals surface area contributed by atoms with Crippen molar-refractivity contribution in [3.05, 3.63) is 11.6 Å². The van der Waals surface area contributed by atoms with Crippen molar-refractivity contribution in [3.8, 4) is 0 Å². The van der Waals surface area contributed by atoms with Gasteiger partial charge in [0.05, 0.1) is 0 Å². The van der Waals surface area contributed by atoms with Crippen molar-refractivity contribution in [1.29, 1.82) is 0 Å². The molecule has 1 aliphatic rings. The van der Waals surface area contributed by atoms with Crippen LogP contribution in [-0.4, -0.2) is 6.10 Å². The standard InChI is InChI=1S/C9H17NO/c1-6-4-7(2)9(11-10)8(3)5-6/h4,6,8-9H,5,10H2,1-3H3. The van der Waals surface area contributed by atoms with Crippen molar-refractivity contribution in [3.63, 3.8) is 0 Å². The first kappa shape index (κ1) is 8.75. The van der Waals surface area contributed by atoms with E-state index in [1.54, 1.807) is 0 Å². The second kappa shape index (κ2) is 3.37. The van der Waals surface area contributed by atoms with E-state index in [1.807, 2.05) is 0 Å². The van der Waals surface area contributed by atoms with Crippen molar-refractivity contribution in [2.75, 3.05) is 0 Å². The van der Waals surface area contributed by atoms with Crippen LogP contribution in [0.3, 0.4) is 0 Å². The van der Waals surface area contributed by atoms with E-state index in [4.69, 9.17) is 10.7 Å². The van der Waals surface area contributed by atoms with E-state index < -0.39 is 0 Å². The first-order valence-corrected chi connectivity index (χ1v) is 4.19. The molecule has 0 aromatic heterocycles. The quantitative estimate of drug-likeness (QED) is 0.463. The summed E-state index contributed by atoms with van der Waals surface area (Å²) in [6.07, 6.45) is 3.57. The third kappa shape index (κ3) is 1.82. The molecular weight excluding hydrogens is 138 g/mol. The zero-order valence-corrected chi connectivity index (χ0v) is 7.50.